The average Bonchev–Trinajstić information content (AvgIpc) is 2.55. The number of rotatable bonds is 6. The van der Waals surface area contributed by atoms with Crippen molar-refractivity contribution in [1.29, 1.82) is 0 Å². The molecule has 0 aromatic heterocycles. The topological polar surface area (TPSA) is 59.0 Å². The number of aromatic hydroxyl groups is 1. The first kappa shape index (κ1) is 16.6. The van der Waals surface area contributed by atoms with Gasteiger partial charge in [0.1, 0.15) is 12.4 Å². The van der Waals surface area contributed by atoms with E-state index in [4.69, 9.17) is 9.47 Å². The highest BCUT2D eigenvalue weighted by atomic mass is 16.6. The molecule has 1 aliphatic rings. The Morgan fingerprint density at radius 1 is 1.27 bits per heavy atom. The van der Waals surface area contributed by atoms with E-state index in [-0.39, 0.29) is 17.9 Å². The quantitative estimate of drug-likeness (QED) is 0.821. The van der Waals surface area contributed by atoms with E-state index in [0.717, 1.165) is 38.6 Å². The molecule has 1 amide bonds. The van der Waals surface area contributed by atoms with Crippen LogP contribution in [0.3, 0.4) is 0 Å². The number of phenols is 1. The minimum absolute atomic E-state index is 0.229. The van der Waals surface area contributed by atoms with Crippen LogP contribution >= 0.6 is 0 Å². The third kappa shape index (κ3) is 4.91. The van der Waals surface area contributed by atoms with Crippen LogP contribution in [0.25, 0.3) is 0 Å². The van der Waals surface area contributed by atoms with Crippen LogP contribution in [0.5, 0.6) is 5.75 Å². The first-order valence-corrected chi connectivity index (χ1v) is 7.91. The fourth-order valence-corrected chi connectivity index (χ4v) is 2.83. The fourth-order valence-electron chi connectivity index (χ4n) is 2.83. The smallest absolute Gasteiger partial charge is 0.410 e. The molecule has 1 saturated heterocycles. The van der Waals surface area contributed by atoms with Gasteiger partial charge < -0.3 is 19.5 Å². The lowest BCUT2D eigenvalue weighted by Gasteiger charge is -2.35. The first-order valence-electron chi connectivity index (χ1n) is 7.91. The van der Waals surface area contributed by atoms with Crippen LogP contribution in [-0.2, 0) is 15.9 Å². The number of methoxy groups -OCH3 is 1. The molecule has 0 aliphatic carbocycles. The molecule has 5 nitrogen and oxygen atoms in total. The molecule has 0 saturated carbocycles. The van der Waals surface area contributed by atoms with Crippen LogP contribution in [0.1, 0.15) is 31.2 Å². The number of amides is 1. The standard InChI is InChI=1S/C17H25NO4/c1-21-12-13-22-17(20)18-11-3-2-4-15(18)8-5-14-6-9-16(19)10-7-14/h6-7,9-10,15,19H,2-5,8,11-13H2,1H3/t15-/m0/s1. The summed E-state index contributed by atoms with van der Waals surface area (Å²) >= 11 is 0. The van der Waals surface area contributed by atoms with Crippen molar-refractivity contribution in [2.45, 2.75) is 38.1 Å². The highest BCUT2D eigenvalue weighted by Crippen LogP contribution is 2.22. The molecule has 1 aliphatic heterocycles. The van der Waals surface area contributed by atoms with E-state index in [1.165, 1.54) is 5.56 Å². The van der Waals surface area contributed by atoms with Crippen LogP contribution in [0.2, 0.25) is 0 Å². The number of likely N-dealkylation sites (tertiary alicyclic amines) is 1. The second-order valence-electron chi connectivity index (χ2n) is 5.66. The molecule has 5 heteroatoms. The lowest BCUT2D eigenvalue weighted by atomic mass is 9.96. The molecule has 1 aromatic rings. The predicted octanol–water partition coefficient (Wildman–Crippen LogP) is 2.96. The van der Waals surface area contributed by atoms with E-state index in [0.29, 0.717) is 13.2 Å². The number of aryl methyl sites for hydroxylation is 1. The molecule has 0 spiro atoms. The number of benzene rings is 1. The summed E-state index contributed by atoms with van der Waals surface area (Å²) in [6.45, 7) is 1.50. The number of piperidine rings is 1. The van der Waals surface area contributed by atoms with Crippen molar-refractivity contribution < 1.29 is 19.4 Å². The van der Waals surface area contributed by atoms with Gasteiger partial charge in [-0.1, -0.05) is 12.1 Å². The largest absolute Gasteiger partial charge is 0.508 e. The summed E-state index contributed by atoms with van der Waals surface area (Å²) in [6, 6.07) is 7.50. The summed E-state index contributed by atoms with van der Waals surface area (Å²) in [4.78, 5) is 14.0. The number of nitrogens with zero attached hydrogens (tertiary/aromatic N) is 1. The van der Waals surface area contributed by atoms with Gasteiger partial charge in [0.05, 0.1) is 6.61 Å². The summed E-state index contributed by atoms with van der Waals surface area (Å²) in [5.74, 6) is 0.282. The molecule has 122 valence electrons. The summed E-state index contributed by atoms with van der Waals surface area (Å²) in [5.41, 5.74) is 1.18. The molecule has 2 rings (SSSR count). The summed E-state index contributed by atoms with van der Waals surface area (Å²) < 4.78 is 10.2. The average molecular weight is 307 g/mol. The molecule has 0 radical (unpaired) electrons. The van der Waals surface area contributed by atoms with Gasteiger partial charge in [-0.3, -0.25) is 0 Å². The number of hydrogen-bond acceptors (Lipinski definition) is 4. The second-order valence-corrected chi connectivity index (χ2v) is 5.66. The van der Waals surface area contributed by atoms with E-state index in [1.807, 2.05) is 17.0 Å². The van der Waals surface area contributed by atoms with Crippen LogP contribution in [-0.4, -0.2) is 49.0 Å². The normalized spacial score (nSPS) is 18.2. The first-order chi connectivity index (χ1) is 10.7. The number of hydrogen-bond donors (Lipinski definition) is 1. The monoisotopic (exact) mass is 307 g/mol. The maximum atomic E-state index is 12.2. The molecular formula is C17H25NO4. The predicted molar refractivity (Wildman–Crippen MR) is 84.0 cm³/mol. The number of phenolic OH excluding ortho intramolecular Hbond substituents is 1. The molecule has 1 fully saturated rings. The number of carbonyl (C=O) groups is 1. The zero-order chi connectivity index (χ0) is 15.8. The Hall–Kier alpha value is -1.75. The number of carbonyl (C=O) groups excluding carboxylic acids is 1. The summed E-state index contributed by atoms with van der Waals surface area (Å²) in [5, 5.41) is 9.31. The van der Waals surface area contributed by atoms with Crippen LogP contribution in [0.4, 0.5) is 4.79 Å². The lowest BCUT2D eigenvalue weighted by molar-refractivity contribution is 0.0511. The lowest BCUT2D eigenvalue weighted by Crippen LogP contribution is -2.44. The highest BCUT2D eigenvalue weighted by Gasteiger charge is 2.27. The third-order valence-corrected chi connectivity index (χ3v) is 4.08. The molecular weight excluding hydrogens is 282 g/mol. The second kappa shape index (κ2) is 8.63. The Labute approximate surface area is 131 Å². The molecule has 0 bridgehead atoms. The van der Waals surface area contributed by atoms with Crippen LogP contribution in [0, 0.1) is 0 Å². The van der Waals surface area contributed by atoms with Gasteiger partial charge in [0.25, 0.3) is 0 Å². The molecule has 1 N–H and O–H groups in total. The molecule has 0 unspecified atom stereocenters. The van der Waals surface area contributed by atoms with E-state index in [2.05, 4.69) is 0 Å². The molecule has 1 aromatic carbocycles. The van der Waals surface area contributed by atoms with Gasteiger partial charge in [-0.15, -0.1) is 0 Å². The van der Waals surface area contributed by atoms with E-state index in [9.17, 15) is 9.90 Å². The number of ether oxygens (including phenoxy) is 2. The van der Waals surface area contributed by atoms with E-state index in [1.54, 1.807) is 19.2 Å². The maximum Gasteiger partial charge on any atom is 0.410 e. The van der Waals surface area contributed by atoms with Gasteiger partial charge in [-0.25, -0.2) is 4.79 Å². The van der Waals surface area contributed by atoms with Gasteiger partial charge in [0.2, 0.25) is 0 Å². The van der Waals surface area contributed by atoms with Gasteiger partial charge >= 0.3 is 6.09 Å². The van der Waals surface area contributed by atoms with Crippen molar-refractivity contribution in [3.63, 3.8) is 0 Å². The Morgan fingerprint density at radius 2 is 2.05 bits per heavy atom. The zero-order valence-corrected chi connectivity index (χ0v) is 13.2. The Kier molecular flexibility index (Phi) is 6.52. The van der Waals surface area contributed by atoms with Crippen molar-refractivity contribution in [3.05, 3.63) is 29.8 Å². The van der Waals surface area contributed by atoms with Crippen molar-refractivity contribution in [2.24, 2.45) is 0 Å². The zero-order valence-electron chi connectivity index (χ0n) is 13.2. The van der Waals surface area contributed by atoms with E-state index >= 15 is 0 Å². The van der Waals surface area contributed by atoms with Crippen LogP contribution in [0.15, 0.2) is 24.3 Å². The highest BCUT2D eigenvalue weighted by molar-refractivity contribution is 5.68. The Bertz CT molecular complexity index is 460. The Morgan fingerprint density at radius 3 is 2.77 bits per heavy atom. The SMILES string of the molecule is COCCOC(=O)N1CCCC[C@H]1CCc1ccc(O)cc1. The van der Waals surface area contributed by atoms with E-state index < -0.39 is 0 Å². The minimum Gasteiger partial charge on any atom is -0.508 e. The van der Waals surface area contributed by atoms with Crippen LogP contribution < -0.4 is 0 Å². The Balaban J connectivity index is 1.86. The van der Waals surface area contributed by atoms with Gasteiger partial charge in [-0.05, 0) is 49.8 Å². The minimum atomic E-state index is -0.229. The molecule has 1 atom stereocenters. The van der Waals surface area contributed by atoms with Crippen molar-refractivity contribution in [3.8, 4) is 5.75 Å². The summed E-state index contributed by atoms with van der Waals surface area (Å²) in [7, 11) is 1.59. The molecule has 1 heterocycles. The van der Waals surface area contributed by atoms with Crippen molar-refractivity contribution in [2.75, 3.05) is 26.9 Å². The maximum absolute atomic E-state index is 12.2. The fraction of sp³-hybridized carbons (Fsp3) is 0.588. The molecule has 22 heavy (non-hydrogen) atoms. The van der Waals surface area contributed by atoms with Gasteiger partial charge in [0.15, 0.2) is 0 Å². The van der Waals surface area contributed by atoms with Gasteiger partial charge in [0, 0.05) is 19.7 Å². The third-order valence-electron chi connectivity index (χ3n) is 4.08. The van der Waals surface area contributed by atoms with Gasteiger partial charge in [-0.2, -0.15) is 0 Å². The summed E-state index contributed by atoms with van der Waals surface area (Å²) in [6.07, 6.45) is 4.80. The van der Waals surface area contributed by atoms with Crippen molar-refractivity contribution in [1.82, 2.24) is 4.90 Å². The van der Waals surface area contributed by atoms with Crippen molar-refractivity contribution >= 4 is 6.09 Å².